The average Bonchev–Trinajstić information content (AvgIpc) is 3.30. The van der Waals surface area contributed by atoms with Crippen molar-refractivity contribution in [3.05, 3.63) is 76.4 Å². The number of aromatic nitrogens is 1. The van der Waals surface area contributed by atoms with Gasteiger partial charge in [-0.3, -0.25) is 9.78 Å². The van der Waals surface area contributed by atoms with E-state index in [0.29, 0.717) is 17.1 Å². The third-order valence-electron chi connectivity index (χ3n) is 5.94. The molecule has 1 amide bonds. The molecule has 1 atom stereocenters. The molecule has 0 bridgehead atoms. The number of hydrogen-bond donors (Lipinski definition) is 4. The SMILES string of the molecule is CN/C(C)=C1/C=C(NC(=O)C2=COC(c3ccnc(C)c3)N2)C(N2CCCCC2)=CC1=N. The maximum absolute atomic E-state index is 13.1. The molecule has 0 saturated carbocycles. The summed E-state index contributed by atoms with van der Waals surface area (Å²) < 4.78 is 5.69. The van der Waals surface area contributed by atoms with Gasteiger partial charge in [-0.25, -0.2) is 0 Å². The fourth-order valence-electron chi connectivity index (χ4n) is 4.08. The van der Waals surface area contributed by atoms with Gasteiger partial charge >= 0.3 is 0 Å². The number of carbonyl (C=O) groups excluding carboxylic acids is 1. The van der Waals surface area contributed by atoms with E-state index in [1.165, 1.54) is 12.7 Å². The van der Waals surface area contributed by atoms with Gasteiger partial charge in [0.05, 0.1) is 17.1 Å². The third-order valence-corrected chi connectivity index (χ3v) is 5.94. The minimum Gasteiger partial charge on any atom is -0.472 e. The summed E-state index contributed by atoms with van der Waals surface area (Å²) in [6, 6.07) is 3.79. The van der Waals surface area contributed by atoms with Crippen molar-refractivity contribution in [3.8, 4) is 0 Å². The van der Waals surface area contributed by atoms with Crippen LogP contribution in [0.25, 0.3) is 0 Å². The number of pyridine rings is 1. The molecule has 0 spiro atoms. The number of nitrogens with zero attached hydrogens (tertiary/aromatic N) is 2. The zero-order valence-electron chi connectivity index (χ0n) is 18.8. The van der Waals surface area contributed by atoms with Gasteiger partial charge < -0.3 is 31.0 Å². The maximum atomic E-state index is 13.1. The Balaban J connectivity index is 1.54. The number of ether oxygens (including phenoxy) is 1. The second kappa shape index (κ2) is 9.30. The van der Waals surface area contributed by atoms with Crippen LogP contribution in [0.2, 0.25) is 0 Å². The number of rotatable bonds is 5. The van der Waals surface area contributed by atoms with Crippen molar-refractivity contribution in [2.24, 2.45) is 0 Å². The van der Waals surface area contributed by atoms with Gasteiger partial charge in [-0.15, -0.1) is 0 Å². The Morgan fingerprint density at radius 2 is 2.06 bits per heavy atom. The molecule has 8 heteroatoms. The fraction of sp³-hybridized carbons (Fsp3) is 0.375. The van der Waals surface area contributed by atoms with E-state index in [4.69, 9.17) is 10.1 Å². The molecule has 1 saturated heterocycles. The van der Waals surface area contributed by atoms with Crippen LogP contribution in [-0.2, 0) is 9.53 Å². The first-order valence-corrected chi connectivity index (χ1v) is 11.0. The van der Waals surface area contributed by atoms with E-state index in [9.17, 15) is 4.79 Å². The van der Waals surface area contributed by atoms with Gasteiger partial charge in [-0.2, -0.15) is 0 Å². The molecule has 1 aliphatic carbocycles. The number of piperidine rings is 1. The highest BCUT2D eigenvalue weighted by molar-refractivity contribution is 6.11. The molecule has 1 aromatic heterocycles. The summed E-state index contributed by atoms with van der Waals surface area (Å²) >= 11 is 0. The summed E-state index contributed by atoms with van der Waals surface area (Å²) in [5.41, 5.74) is 5.82. The zero-order chi connectivity index (χ0) is 22.7. The molecule has 0 radical (unpaired) electrons. The number of carbonyl (C=O) groups is 1. The van der Waals surface area contributed by atoms with E-state index >= 15 is 0 Å². The lowest BCUT2D eigenvalue weighted by Gasteiger charge is -2.34. The number of allylic oxidation sites excluding steroid dienone is 4. The van der Waals surface area contributed by atoms with Gasteiger partial charge in [0.2, 0.25) is 0 Å². The summed E-state index contributed by atoms with van der Waals surface area (Å²) in [6.45, 7) is 5.68. The number of likely N-dealkylation sites (tertiary alicyclic amines) is 1. The van der Waals surface area contributed by atoms with E-state index in [1.54, 1.807) is 6.20 Å². The predicted molar refractivity (Wildman–Crippen MR) is 123 cm³/mol. The van der Waals surface area contributed by atoms with E-state index in [-0.39, 0.29) is 5.91 Å². The van der Waals surface area contributed by atoms with Crippen LogP contribution in [-0.4, -0.2) is 41.6 Å². The third kappa shape index (κ3) is 4.54. The van der Waals surface area contributed by atoms with Gasteiger partial charge in [0.1, 0.15) is 12.0 Å². The largest absolute Gasteiger partial charge is 0.472 e. The second-order valence-corrected chi connectivity index (χ2v) is 8.21. The summed E-state index contributed by atoms with van der Waals surface area (Å²) in [5.74, 6) is -0.276. The Morgan fingerprint density at radius 1 is 1.28 bits per heavy atom. The van der Waals surface area contributed by atoms with Gasteiger partial charge in [0, 0.05) is 48.9 Å². The van der Waals surface area contributed by atoms with Crippen LogP contribution in [0.1, 0.15) is 43.7 Å². The van der Waals surface area contributed by atoms with Crippen molar-refractivity contribution in [2.45, 2.75) is 39.3 Å². The Hall–Kier alpha value is -3.55. The summed E-state index contributed by atoms with van der Waals surface area (Å²) in [7, 11) is 1.83. The van der Waals surface area contributed by atoms with Crippen LogP contribution in [0.5, 0.6) is 0 Å². The molecular formula is C24H30N6O2. The lowest BCUT2D eigenvalue weighted by atomic mass is 9.97. The van der Waals surface area contributed by atoms with Crippen LogP contribution in [0.15, 0.2) is 65.1 Å². The van der Waals surface area contributed by atoms with Crippen LogP contribution >= 0.6 is 0 Å². The zero-order valence-corrected chi connectivity index (χ0v) is 18.8. The predicted octanol–water partition coefficient (Wildman–Crippen LogP) is 2.75. The smallest absolute Gasteiger partial charge is 0.275 e. The minimum atomic E-state index is -0.426. The maximum Gasteiger partial charge on any atom is 0.275 e. The van der Waals surface area contributed by atoms with Gasteiger partial charge in [-0.05, 0) is 57.4 Å². The van der Waals surface area contributed by atoms with E-state index in [0.717, 1.165) is 54.2 Å². The Labute approximate surface area is 188 Å². The molecule has 8 nitrogen and oxygen atoms in total. The molecule has 0 aromatic carbocycles. The number of aryl methyl sites for hydroxylation is 1. The molecule has 1 unspecified atom stereocenters. The normalized spacial score (nSPS) is 22.2. The summed E-state index contributed by atoms with van der Waals surface area (Å²) in [6.07, 6.45) is 9.92. The van der Waals surface area contributed by atoms with Crippen molar-refractivity contribution in [1.82, 2.24) is 25.8 Å². The molecule has 3 aliphatic rings. The first-order chi connectivity index (χ1) is 15.5. The van der Waals surface area contributed by atoms with Gasteiger partial charge in [0.15, 0.2) is 6.23 Å². The molecule has 32 heavy (non-hydrogen) atoms. The van der Waals surface area contributed by atoms with Crippen molar-refractivity contribution < 1.29 is 9.53 Å². The van der Waals surface area contributed by atoms with Crippen molar-refractivity contribution in [2.75, 3.05) is 20.1 Å². The molecule has 168 valence electrons. The Bertz CT molecular complexity index is 1050. The van der Waals surface area contributed by atoms with Crippen LogP contribution in [0, 0.1) is 12.3 Å². The first kappa shape index (κ1) is 21.7. The molecule has 3 heterocycles. The van der Waals surface area contributed by atoms with Crippen LogP contribution < -0.4 is 16.0 Å². The second-order valence-electron chi connectivity index (χ2n) is 8.21. The summed E-state index contributed by atoms with van der Waals surface area (Å²) in [5, 5.41) is 17.8. The molecule has 1 fully saturated rings. The number of amides is 1. The van der Waals surface area contributed by atoms with E-state index in [1.807, 2.05) is 45.2 Å². The highest BCUT2D eigenvalue weighted by Gasteiger charge is 2.28. The average molecular weight is 435 g/mol. The van der Waals surface area contributed by atoms with Crippen molar-refractivity contribution in [3.63, 3.8) is 0 Å². The number of nitrogens with one attached hydrogen (secondary N) is 4. The quantitative estimate of drug-likeness (QED) is 0.568. The highest BCUT2D eigenvalue weighted by Crippen LogP contribution is 2.27. The van der Waals surface area contributed by atoms with Crippen molar-refractivity contribution in [1.29, 1.82) is 5.41 Å². The molecule has 4 N–H and O–H groups in total. The van der Waals surface area contributed by atoms with Gasteiger partial charge in [0.25, 0.3) is 5.91 Å². The lowest BCUT2D eigenvalue weighted by Crippen LogP contribution is -2.38. The molecule has 2 aliphatic heterocycles. The first-order valence-electron chi connectivity index (χ1n) is 11.0. The molecule has 4 rings (SSSR count). The Morgan fingerprint density at radius 3 is 2.78 bits per heavy atom. The van der Waals surface area contributed by atoms with Gasteiger partial charge in [-0.1, -0.05) is 0 Å². The summed E-state index contributed by atoms with van der Waals surface area (Å²) in [4.78, 5) is 19.6. The molecular weight excluding hydrogens is 404 g/mol. The fourth-order valence-corrected chi connectivity index (χ4v) is 4.08. The number of hydrogen-bond acceptors (Lipinski definition) is 7. The Kier molecular flexibility index (Phi) is 6.30. The standard InChI is InChI=1S/C24H30N6O2/c1-15-11-17(7-8-27-15)24-29-21(14-32-24)23(31)28-20-12-18(16(2)26-3)19(25)13-22(20)30-9-5-4-6-10-30/h7-8,11-14,24-26,29H,4-6,9-10H2,1-3H3,(H,28,31)/b18-16-,25-19?. The topological polar surface area (TPSA) is 102 Å². The van der Waals surface area contributed by atoms with E-state index < -0.39 is 6.23 Å². The van der Waals surface area contributed by atoms with E-state index in [2.05, 4.69) is 25.8 Å². The minimum absolute atomic E-state index is 0.276. The van der Waals surface area contributed by atoms with Crippen LogP contribution in [0.3, 0.4) is 0 Å². The highest BCUT2D eigenvalue weighted by atomic mass is 16.5. The van der Waals surface area contributed by atoms with Crippen LogP contribution in [0.4, 0.5) is 0 Å². The van der Waals surface area contributed by atoms with Crippen molar-refractivity contribution >= 4 is 11.6 Å². The molecule has 1 aromatic rings. The monoisotopic (exact) mass is 434 g/mol. The lowest BCUT2D eigenvalue weighted by molar-refractivity contribution is -0.117.